The lowest BCUT2D eigenvalue weighted by Gasteiger charge is -2.35. The van der Waals surface area contributed by atoms with Gasteiger partial charge in [0, 0.05) is 13.7 Å². The van der Waals surface area contributed by atoms with Crippen molar-refractivity contribution in [3.63, 3.8) is 0 Å². The van der Waals surface area contributed by atoms with Crippen molar-refractivity contribution < 1.29 is 9.26 Å². The predicted molar refractivity (Wildman–Crippen MR) is 72.7 cm³/mol. The number of ether oxygens (including phenoxy) is 1. The molecule has 5 heteroatoms. The van der Waals surface area contributed by atoms with Crippen LogP contribution >= 0.6 is 0 Å². The molecule has 0 atom stereocenters. The van der Waals surface area contributed by atoms with E-state index in [2.05, 4.69) is 17.1 Å². The van der Waals surface area contributed by atoms with Crippen LogP contribution in [-0.4, -0.2) is 23.8 Å². The molecule has 108 valence electrons. The van der Waals surface area contributed by atoms with Gasteiger partial charge in [0.05, 0.1) is 5.41 Å². The Kier molecular flexibility index (Phi) is 3.97. The molecule has 1 aromatic heterocycles. The fourth-order valence-corrected chi connectivity index (χ4v) is 2.59. The van der Waals surface area contributed by atoms with Gasteiger partial charge in [0.1, 0.15) is 5.60 Å². The summed E-state index contributed by atoms with van der Waals surface area (Å²) < 4.78 is 10.9. The average Bonchev–Trinajstić information content (AvgIpc) is 2.91. The van der Waals surface area contributed by atoms with Crippen molar-refractivity contribution in [3.05, 3.63) is 11.7 Å². The molecule has 0 unspecified atom stereocenters. The van der Waals surface area contributed by atoms with Gasteiger partial charge in [0.2, 0.25) is 11.7 Å². The first-order valence-corrected chi connectivity index (χ1v) is 7.03. The Morgan fingerprint density at radius 2 is 2.05 bits per heavy atom. The van der Waals surface area contributed by atoms with E-state index in [-0.39, 0.29) is 5.41 Å². The van der Waals surface area contributed by atoms with E-state index in [0.29, 0.717) is 18.3 Å². The summed E-state index contributed by atoms with van der Waals surface area (Å²) in [5.41, 5.74) is 5.34. The summed E-state index contributed by atoms with van der Waals surface area (Å²) in [7, 11) is 1.65. The van der Waals surface area contributed by atoms with Gasteiger partial charge >= 0.3 is 0 Å². The first-order valence-electron chi connectivity index (χ1n) is 7.03. The van der Waals surface area contributed by atoms with Crippen LogP contribution in [0.15, 0.2) is 4.52 Å². The van der Waals surface area contributed by atoms with Crippen LogP contribution in [0.25, 0.3) is 0 Å². The highest BCUT2D eigenvalue weighted by molar-refractivity contribution is 5.10. The predicted octanol–water partition coefficient (Wildman–Crippen LogP) is 2.36. The van der Waals surface area contributed by atoms with E-state index >= 15 is 0 Å². The maximum absolute atomic E-state index is 6.01. The van der Waals surface area contributed by atoms with Gasteiger partial charge in [-0.25, -0.2) is 0 Å². The van der Waals surface area contributed by atoms with Crippen molar-refractivity contribution in [3.8, 4) is 0 Å². The van der Waals surface area contributed by atoms with Gasteiger partial charge in [-0.3, -0.25) is 0 Å². The highest BCUT2D eigenvalue weighted by Crippen LogP contribution is 2.40. The molecule has 1 saturated carbocycles. The van der Waals surface area contributed by atoms with Crippen LogP contribution in [0.5, 0.6) is 0 Å². The minimum Gasteiger partial charge on any atom is -0.371 e. The van der Waals surface area contributed by atoms with E-state index < -0.39 is 5.60 Å². The average molecular weight is 267 g/mol. The zero-order valence-corrected chi connectivity index (χ0v) is 12.4. The molecule has 0 bridgehead atoms. The van der Waals surface area contributed by atoms with Crippen molar-refractivity contribution in [2.75, 3.05) is 13.7 Å². The third-order valence-electron chi connectivity index (χ3n) is 4.55. The van der Waals surface area contributed by atoms with Crippen LogP contribution in [-0.2, 0) is 15.8 Å². The van der Waals surface area contributed by atoms with Crippen molar-refractivity contribution in [1.82, 2.24) is 10.1 Å². The monoisotopic (exact) mass is 267 g/mol. The SMILES string of the molecule is COC(C)(C)c1noc(C2(CN)CCC(C)CC2)n1. The van der Waals surface area contributed by atoms with Crippen LogP contribution in [0, 0.1) is 5.92 Å². The first-order chi connectivity index (χ1) is 8.93. The Labute approximate surface area is 114 Å². The molecule has 5 nitrogen and oxygen atoms in total. The summed E-state index contributed by atoms with van der Waals surface area (Å²) in [5, 5.41) is 4.08. The van der Waals surface area contributed by atoms with Crippen molar-refractivity contribution in [2.45, 2.75) is 57.5 Å². The summed E-state index contributed by atoms with van der Waals surface area (Å²) >= 11 is 0. The van der Waals surface area contributed by atoms with E-state index in [4.69, 9.17) is 15.0 Å². The van der Waals surface area contributed by atoms with Gasteiger partial charge in [-0.2, -0.15) is 4.98 Å². The summed E-state index contributed by atoms with van der Waals surface area (Å²) in [6.07, 6.45) is 4.39. The Morgan fingerprint density at radius 1 is 1.42 bits per heavy atom. The van der Waals surface area contributed by atoms with Crippen molar-refractivity contribution in [2.24, 2.45) is 11.7 Å². The lowest BCUT2D eigenvalue weighted by Crippen LogP contribution is -2.39. The normalized spacial score (nSPS) is 28.6. The number of hydrogen-bond acceptors (Lipinski definition) is 5. The fraction of sp³-hybridized carbons (Fsp3) is 0.857. The maximum atomic E-state index is 6.01. The molecule has 0 radical (unpaired) electrons. The highest BCUT2D eigenvalue weighted by atomic mass is 16.5. The summed E-state index contributed by atoms with van der Waals surface area (Å²) in [6, 6.07) is 0. The molecule has 0 saturated heterocycles. The molecule has 0 aliphatic heterocycles. The number of nitrogens with zero attached hydrogens (tertiary/aromatic N) is 2. The van der Waals surface area contributed by atoms with Gasteiger partial charge in [0.25, 0.3) is 0 Å². The van der Waals surface area contributed by atoms with Crippen molar-refractivity contribution >= 4 is 0 Å². The molecule has 19 heavy (non-hydrogen) atoms. The summed E-state index contributed by atoms with van der Waals surface area (Å²) in [6.45, 7) is 6.71. The molecule has 0 spiro atoms. The molecule has 1 aromatic rings. The van der Waals surface area contributed by atoms with Gasteiger partial charge in [-0.15, -0.1) is 0 Å². The quantitative estimate of drug-likeness (QED) is 0.906. The van der Waals surface area contributed by atoms with E-state index in [0.717, 1.165) is 18.8 Å². The van der Waals surface area contributed by atoms with Crippen LogP contribution in [0.2, 0.25) is 0 Å². The largest absolute Gasteiger partial charge is 0.371 e. The molecule has 0 aromatic carbocycles. The maximum Gasteiger partial charge on any atom is 0.234 e. The molecular formula is C14H25N3O2. The molecule has 1 aliphatic carbocycles. The van der Waals surface area contributed by atoms with Gasteiger partial charge in [-0.1, -0.05) is 12.1 Å². The number of methoxy groups -OCH3 is 1. The second kappa shape index (κ2) is 5.21. The van der Waals surface area contributed by atoms with Gasteiger partial charge < -0.3 is 15.0 Å². The van der Waals surface area contributed by atoms with E-state index in [1.807, 2.05) is 13.8 Å². The highest BCUT2D eigenvalue weighted by Gasteiger charge is 2.40. The minimum absolute atomic E-state index is 0.137. The molecule has 1 aliphatic rings. The zero-order valence-electron chi connectivity index (χ0n) is 12.4. The minimum atomic E-state index is -0.528. The third kappa shape index (κ3) is 2.67. The number of aromatic nitrogens is 2. The Bertz CT molecular complexity index is 420. The number of hydrogen-bond donors (Lipinski definition) is 1. The zero-order chi connectivity index (χ0) is 14.1. The Morgan fingerprint density at radius 3 is 2.58 bits per heavy atom. The number of rotatable bonds is 4. The molecule has 2 rings (SSSR count). The first kappa shape index (κ1) is 14.5. The number of nitrogens with two attached hydrogens (primary N) is 1. The lowest BCUT2D eigenvalue weighted by atomic mass is 9.71. The Hall–Kier alpha value is -0.940. The molecule has 1 heterocycles. The van der Waals surface area contributed by atoms with Crippen LogP contribution in [0.1, 0.15) is 58.2 Å². The molecular weight excluding hydrogens is 242 g/mol. The van der Waals surface area contributed by atoms with E-state index in [1.165, 1.54) is 12.8 Å². The third-order valence-corrected chi connectivity index (χ3v) is 4.55. The lowest BCUT2D eigenvalue weighted by molar-refractivity contribution is 0.00973. The van der Waals surface area contributed by atoms with Gasteiger partial charge in [-0.05, 0) is 45.4 Å². The van der Waals surface area contributed by atoms with E-state index in [1.54, 1.807) is 7.11 Å². The molecule has 1 fully saturated rings. The van der Waals surface area contributed by atoms with E-state index in [9.17, 15) is 0 Å². The summed E-state index contributed by atoms with van der Waals surface area (Å²) in [5.74, 6) is 2.04. The molecule has 2 N–H and O–H groups in total. The standard InChI is InChI=1S/C14H25N3O2/c1-10-5-7-14(9-15,8-6-10)12-16-11(17-19-12)13(2,3)18-4/h10H,5-9,15H2,1-4H3. The second-order valence-electron chi connectivity index (χ2n) is 6.30. The van der Waals surface area contributed by atoms with Crippen molar-refractivity contribution in [1.29, 1.82) is 0 Å². The smallest absolute Gasteiger partial charge is 0.234 e. The van der Waals surface area contributed by atoms with Crippen LogP contribution < -0.4 is 5.73 Å². The van der Waals surface area contributed by atoms with Crippen LogP contribution in [0.3, 0.4) is 0 Å². The second-order valence-corrected chi connectivity index (χ2v) is 6.30. The summed E-state index contributed by atoms with van der Waals surface area (Å²) in [4.78, 5) is 4.56. The Balaban J connectivity index is 2.25. The van der Waals surface area contributed by atoms with Gasteiger partial charge in [0.15, 0.2) is 0 Å². The fourth-order valence-electron chi connectivity index (χ4n) is 2.59. The molecule has 0 amide bonds. The van der Waals surface area contributed by atoms with Crippen LogP contribution in [0.4, 0.5) is 0 Å². The topological polar surface area (TPSA) is 74.2 Å².